The molecular weight excluding hydrogens is 228 g/mol. The second-order valence-corrected chi connectivity index (χ2v) is 6.20. The predicted molar refractivity (Wildman–Crippen MR) is 70.6 cm³/mol. The predicted octanol–water partition coefficient (Wildman–Crippen LogP) is 2.97. The molecule has 2 aliphatic rings. The van der Waals surface area contributed by atoms with Crippen molar-refractivity contribution in [2.45, 2.75) is 47.0 Å². The van der Waals surface area contributed by atoms with Gasteiger partial charge in [0.25, 0.3) is 0 Å². The van der Waals surface area contributed by atoms with Gasteiger partial charge in [0.15, 0.2) is 0 Å². The van der Waals surface area contributed by atoms with Crippen LogP contribution in [0.1, 0.15) is 47.0 Å². The van der Waals surface area contributed by atoms with E-state index in [9.17, 15) is 4.79 Å². The van der Waals surface area contributed by atoms with E-state index in [1.165, 1.54) is 6.42 Å². The zero-order chi connectivity index (χ0) is 13.4. The van der Waals surface area contributed by atoms with Gasteiger partial charge in [-0.3, -0.25) is 0 Å². The molecule has 18 heavy (non-hydrogen) atoms. The lowest BCUT2D eigenvalue weighted by molar-refractivity contribution is 0.0766. The van der Waals surface area contributed by atoms with Gasteiger partial charge in [0.2, 0.25) is 0 Å². The highest BCUT2D eigenvalue weighted by Gasteiger charge is 2.57. The van der Waals surface area contributed by atoms with Crippen LogP contribution < -0.4 is 10.8 Å². The van der Waals surface area contributed by atoms with Crippen molar-refractivity contribution in [3.63, 3.8) is 0 Å². The average Bonchev–Trinajstić information content (AvgIpc) is 2.66. The van der Waals surface area contributed by atoms with Crippen LogP contribution >= 0.6 is 0 Å². The van der Waals surface area contributed by atoms with E-state index in [0.717, 1.165) is 18.5 Å². The van der Waals surface area contributed by atoms with Gasteiger partial charge in [0, 0.05) is 12.0 Å². The maximum absolute atomic E-state index is 11.4. The van der Waals surface area contributed by atoms with E-state index in [2.05, 4.69) is 37.6 Å². The summed E-state index contributed by atoms with van der Waals surface area (Å²) in [5.74, 6) is 0.590. The van der Waals surface area contributed by atoms with Crippen molar-refractivity contribution in [3.8, 4) is 0 Å². The lowest BCUT2D eigenvalue weighted by Crippen LogP contribution is -2.37. The number of hydrogen-bond acceptors (Lipinski definition) is 3. The minimum atomic E-state index is -0.401. The summed E-state index contributed by atoms with van der Waals surface area (Å²) in [6.45, 7) is 9.51. The summed E-state index contributed by atoms with van der Waals surface area (Å²) in [5.41, 5.74) is 4.28. The largest absolute Gasteiger partial charge is 0.431 e. The number of carbonyl (C=O) groups is 1. The fraction of sp³-hybridized carbons (Fsp3) is 0.786. The maximum Gasteiger partial charge on any atom is 0.431 e. The molecule has 2 N–H and O–H groups in total. The van der Waals surface area contributed by atoms with E-state index < -0.39 is 6.09 Å². The van der Waals surface area contributed by atoms with Gasteiger partial charge >= 0.3 is 6.09 Å². The summed E-state index contributed by atoms with van der Waals surface area (Å²) in [7, 11) is 0. The zero-order valence-corrected chi connectivity index (χ0v) is 11.8. The van der Waals surface area contributed by atoms with Gasteiger partial charge in [0.05, 0.1) is 5.70 Å². The second kappa shape index (κ2) is 4.48. The molecule has 1 fully saturated rings. The Morgan fingerprint density at radius 2 is 2.22 bits per heavy atom. The van der Waals surface area contributed by atoms with E-state index in [1.54, 1.807) is 0 Å². The van der Waals surface area contributed by atoms with E-state index in [0.29, 0.717) is 12.5 Å². The molecular formula is C14H24N2O2. The summed E-state index contributed by atoms with van der Waals surface area (Å²) in [4.78, 5) is 16.5. The molecule has 0 radical (unpaired) electrons. The van der Waals surface area contributed by atoms with Crippen molar-refractivity contribution in [2.75, 3.05) is 6.54 Å². The molecule has 102 valence electrons. The van der Waals surface area contributed by atoms with Crippen molar-refractivity contribution in [3.05, 3.63) is 11.8 Å². The first kappa shape index (κ1) is 13.2. The van der Waals surface area contributed by atoms with Crippen LogP contribution in [0, 0.1) is 16.7 Å². The number of allylic oxidation sites excluding steroid dienone is 2. The quantitative estimate of drug-likeness (QED) is 0.756. The molecule has 4 nitrogen and oxygen atoms in total. The fourth-order valence-corrected chi connectivity index (χ4v) is 3.21. The van der Waals surface area contributed by atoms with Gasteiger partial charge in [-0.1, -0.05) is 33.8 Å². The Kier molecular flexibility index (Phi) is 3.30. The Morgan fingerprint density at radius 3 is 2.72 bits per heavy atom. The van der Waals surface area contributed by atoms with Crippen LogP contribution in [-0.2, 0) is 4.84 Å². The topological polar surface area (TPSA) is 50.4 Å². The summed E-state index contributed by atoms with van der Waals surface area (Å²) in [6.07, 6.45) is 5.13. The Morgan fingerprint density at radius 1 is 1.50 bits per heavy atom. The minimum Gasteiger partial charge on any atom is -0.325 e. The van der Waals surface area contributed by atoms with Crippen molar-refractivity contribution in [2.24, 2.45) is 16.7 Å². The van der Waals surface area contributed by atoms with Crippen molar-refractivity contribution >= 4 is 6.09 Å². The summed E-state index contributed by atoms with van der Waals surface area (Å²) in [6, 6.07) is 0. The Bertz CT molecular complexity index is 376. The maximum atomic E-state index is 11.4. The Hall–Kier alpha value is -1.19. The standard InChI is InChI=1S/C14H24N2O2/c1-5-8-15-12(17)18-16-11-9-10-6-7-14(11,4)13(10,2)3/h9-10,16H,5-8H2,1-4H3,(H,15,17)/t10-,14+/m1/s1. The smallest absolute Gasteiger partial charge is 0.325 e. The average molecular weight is 252 g/mol. The molecule has 0 aromatic carbocycles. The molecule has 2 atom stereocenters. The molecule has 0 spiro atoms. The lowest BCUT2D eigenvalue weighted by Gasteiger charge is -2.37. The monoisotopic (exact) mass is 252 g/mol. The zero-order valence-electron chi connectivity index (χ0n) is 11.8. The molecule has 0 unspecified atom stereocenters. The van der Waals surface area contributed by atoms with Gasteiger partial charge in [-0.25, -0.2) is 10.3 Å². The van der Waals surface area contributed by atoms with Crippen LogP contribution in [0.25, 0.3) is 0 Å². The molecule has 0 aromatic heterocycles. The van der Waals surface area contributed by atoms with Gasteiger partial charge < -0.3 is 10.2 Å². The van der Waals surface area contributed by atoms with Crippen LogP contribution in [0.15, 0.2) is 11.8 Å². The van der Waals surface area contributed by atoms with Crippen LogP contribution in [0.4, 0.5) is 4.79 Å². The minimum absolute atomic E-state index is 0.0999. The van der Waals surface area contributed by atoms with E-state index in [1.807, 2.05) is 6.92 Å². The fourth-order valence-electron chi connectivity index (χ4n) is 3.21. The first-order chi connectivity index (χ1) is 8.41. The van der Waals surface area contributed by atoms with Crippen molar-refractivity contribution in [1.29, 1.82) is 0 Å². The molecule has 1 saturated carbocycles. The van der Waals surface area contributed by atoms with E-state index >= 15 is 0 Å². The first-order valence-electron chi connectivity index (χ1n) is 6.85. The number of fused-ring (bicyclic) bond motifs is 2. The van der Waals surface area contributed by atoms with Gasteiger partial charge in [-0.2, -0.15) is 0 Å². The number of carbonyl (C=O) groups excluding carboxylic acids is 1. The second-order valence-electron chi connectivity index (χ2n) is 6.20. The first-order valence-corrected chi connectivity index (χ1v) is 6.85. The number of hydroxylamine groups is 1. The molecule has 2 rings (SSSR count). The molecule has 0 aromatic rings. The molecule has 2 bridgehead atoms. The van der Waals surface area contributed by atoms with Crippen LogP contribution in [0.5, 0.6) is 0 Å². The van der Waals surface area contributed by atoms with Crippen LogP contribution in [0.3, 0.4) is 0 Å². The summed E-state index contributed by atoms with van der Waals surface area (Å²) < 4.78 is 0. The molecule has 2 aliphatic carbocycles. The van der Waals surface area contributed by atoms with Gasteiger partial charge in [-0.15, -0.1) is 0 Å². The van der Waals surface area contributed by atoms with Gasteiger partial charge in [-0.05, 0) is 30.6 Å². The number of rotatable bonds is 4. The van der Waals surface area contributed by atoms with Crippen molar-refractivity contribution in [1.82, 2.24) is 10.8 Å². The Labute approximate surface area is 109 Å². The van der Waals surface area contributed by atoms with Crippen LogP contribution in [0.2, 0.25) is 0 Å². The third kappa shape index (κ3) is 1.88. The molecule has 1 amide bonds. The normalized spacial score (nSPS) is 32.0. The molecule has 0 saturated heterocycles. The SMILES string of the molecule is CCCNC(=O)ONC1=C[C@H]2CC[C@]1(C)C2(C)C. The third-order valence-corrected chi connectivity index (χ3v) is 5.04. The van der Waals surface area contributed by atoms with Crippen molar-refractivity contribution < 1.29 is 9.63 Å². The number of nitrogens with one attached hydrogen (secondary N) is 2. The van der Waals surface area contributed by atoms with E-state index in [-0.39, 0.29) is 10.8 Å². The molecule has 0 heterocycles. The molecule has 4 heteroatoms. The summed E-state index contributed by atoms with van der Waals surface area (Å²) >= 11 is 0. The summed E-state index contributed by atoms with van der Waals surface area (Å²) in [5, 5.41) is 2.68. The van der Waals surface area contributed by atoms with Gasteiger partial charge in [0.1, 0.15) is 0 Å². The molecule has 0 aliphatic heterocycles. The highest BCUT2D eigenvalue weighted by molar-refractivity contribution is 5.66. The highest BCUT2D eigenvalue weighted by atomic mass is 16.7. The van der Waals surface area contributed by atoms with Crippen LogP contribution in [-0.4, -0.2) is 12.6 Å². The lowest BCUT2D eigenvalue weighted by atomic mass is 9.69. The third-order valence-electron chi connectivity index (χ3n) is 5.04. The Balaban J connectivity index is 1.93. The highest BCUT2D eigenvalue weighted by Crippen LogP contribution is 2.64. The number of amides is 1. The van der Waals surface area contributed by atoms with E-state index in [4.69, 9.17) is 4.84 Å². The number of hydrogen-bond donors (Lipinski definition) is 2.